The number of carboxylic acids is 1. The zero-order chi connectivity index (χ0) is 10.3. The summed E-state index contributed by atoms with van der Waals surface area (Å²) in [5.74, 6) is -0.955. The van der Waals surface area contributed by atoms with E-state index in [0.29, 0.717) is 0 Å². The van der Waals surface area contributed by atoms with Crippen LogP contribution in [0.15, 0.2) is 12.1 Å². The number of aromatic carboxylic acids is 1. The average Bonchev–Trinajstić information content (AvgIpc) is 2.47. The number of aryl methyl sites for hydroxylation is 2. The van der Waals surface area contributed by atoms with Gasteiger partial charge in [-0.2, -0.15) is 4.37 Å². The zero-order valence-corrected chi connectivity index (χ0v) is 8.68. The molecule has 0 aliphatic heterocycles. The SMILES string of the molecule is Cc1cc(C)c2c(C(=O)O)nsc2c1. The molecular formula is C10H9NO2S. The zero-order valence-electron chi connectivity index (χ0n) is 7.87. The summed E-state index contributed by atoms with van der Waals surface area (Å²) in [6, 6.07) is 3.94. The molecule has 0 aliphatic carbocycles. The van der Waals surface area contributed by atoms with Crippen molar-refractivity contribution in [2.45, 2.75) is 13.8 Å². The first-order valence-electron chi connectivity index (χ1n) is 4.19. The molecule has 0 saturated heterocycles. The maximum atomic E-state index is 10.9. The van der Waals surface area contributed by atoms with Gasteiger partial charge in [0, 0.05) is 5.39 Å². The van der Waals surface area contributed by atoms with Gasteiger partial charge in [0.1, 0.15) is 0 Å². The summed E-state index contributed by atoms with van der Waals surface area (Å²) in [4.78, 5) is 10.9. The summed E-state index contributed by atoms with van der Waals surface area (Å²) >= 11 is 1.24. The molecule has 72 valence electrons. The lowest BCUT2D eigenvalue weighted by molar-refractivity contribution is 0.0694. The van der Waals surface area contributed by atoms with Gasteiger partial charge in [0.05, 0.1) is 4.70 Å². The van der Waals surface area contributed by atoms with Crippen molar-refractivity contribution < 1.29 is 9.90 Å². The molecule has 2 rings (SSSR count). The first-order chi connectivity index (χ1) is 6.59. The van der Waals surface area contributed by atoms with Crippen LogP contribution in [0.4, 0.5) is 0 Å². The van der Waals surface area contributed by atoms with Crippen molar-refractivity contribution in [2.24, 2.45) is 0 Å². The minimum Gasteiger partial charge on any atom is -0.476 e. The molecular weight excluding hydrogens is 198 g/mol. The molecule has 4 heteroatoms. The lowest BCUT2D eigenvalue weighted by atomic mass is 10.1. The Morgan fingerprint density at radius 2 is 2.14 bits per heavy atom. The highest BCUT2D eigenvalue weighted by molar-refractivity contribution is 7.13. The Labute approximate surface area is 85.2 Å². The smallest absolute Gasteiger partial charge is 0.356 e. The summed E-state index contributed by atoms with van der Waals surface area (Å²) in [6.07, 6.45) is 0. The lowest BCUT2D eigenvalue weighted by Gasteiger charge is -1.98. The van der Waals surface area contributed by atoms with Crippen molar-refractivity contribution in [3.8, 4) is 0 Å². The second-order valence-electron chi connectivity index (χ2n) is 3.29. The fourth-order valence-corrected chi connectivity index (χ4v) is 2.54. The molecule has 0 atom stereocenters. The normalized spacial score (nSPS) is 10.7. The van der Waals surface area contributed by atoms with Crippen molar-refractivity contribution in [1.82, 2.24) is 4.37 Å². The predicted octanol–water partition coefficient (Wildman–Crippen LogP) is 2.61. The van der Waals surface area contributed by atoms with Gasteiger partial charge >= 0.3 is 5.97 Å². The van der Waals surface area contributed by atoms with Gasteiger partial charge in [-0.1, -0.05) is 6.07 Å². The van der Waals surface area contributed by atoms with Gasteiger partial charge in [-0.05, 0) is 42.6 Å². The molecule has 0 saturated carbocycles. The Kier molecular flexibility index (Phi) is 2.00. The molecule has 0 spiro atoms. The fraction of sp³-hybridized carbons (Fsp3) is 0.200. The van der Waals surface area contributed by atoms with Gasteiger partial charge in [0.2, 0.25) is 0 Å². The van der Waals surface area contributed by atoms with Crippen LogP contribution in [-0.4, -0.2) is 15.4 Å². The number of nitrogens with zero attached hydrogens (tertiary/aromatic N) is 1. The summed E-state index contributed by atoms with van der Waals surface area (Å²) in [5.41, 5.74) is 2.28. The number of benzene rings is 1. The number of fused-ring (bicyclic) bond motifs is 1. The number of hydrogen-bond acceptors (Lipinski definition) is 3. The molecule has 0 bridgehead atoms. The van der Waals surface area contributed by atoms with E-state index in [9.17, 15) is 4.79 Å². The predicted molar refractivity (Wildman–Crippen MR) is 56.1 cm³/mol. The van der Waals surface area contributed by atoms with E-state index in [2.05, 4.69) is 4.37 Å². The van der Waals surface area contributed by atoms with Gasteiger partial charge in [-0.3, -0.25) is 0 Å². The van der Waals surface area contributed by atoms with Crippen molar-refractivity contribution >= 4 is 27.6 Å². The van der Waals surface area contributed by atoms with E-state index in [1.54, 1.807) is 0 Å². The van der Waals surface area contributed by atoms with Crippen molar-refractivity contribution in [1.29, 1.82) is 0 Å². The van der Waals surface area contributed by atoms with Crippen LogP contribution >= 0.6 is 11.5 Å². The standard InChI is InChI=1S/C10H9NO2S/c1-5-3-6(2)8-7(4-5)14-11-9(8)10(12)13/h3-4H,1-2H3,(H,12,13). The van der Waals surface area contributed by atoms with Gasteiger partial charge in [0.15, 0.2) is 5.69 Å². The maximum absolute atomic E-state index is 10.9. The van der Waals surface area contributed by atoms with E-state index in [1.807, 2.05) is 26.0 Å². The summed E-state index contributed by atoms with van der Waals surface area (Å²) in [6.45, 7) is 3.91. The molecule has 3 nitrogen and oxygen atoms in total. The second-order valence-corrected chi connectivity index (χ2v) is 4.10. The van der Waals surface area contributed by atoms with Crippen LogP contribution in [-0.2, 0) is 0 Å². The molecule has 1 aromatic heterocycles. The molecule has 1 aromatic carbocycles. The fourth-order valence-electron chi connectivity index (χ4n) is 1.59. The third-order valence-electron chi connectivity index (χ3n) is 2.12. The number of hydrogen-bond donors (Lipinski definition) is 1. The Morgan fingerprint density at radius 1 is 1.43 bits per heavy atom. The van der Waals surface area contributed by atoms with Crippen LogP contribution in [0.25, 0.3) is 10.1 Å². The van der Waals surface area contributed by atoms with E-state index in [1.165, 1.54) is 11.5 Å². The summed E-state index contributed by atoms with van der Waals surface area (Å²) in [7, 11) is 0. The van der Waals surface area contributed by atoms with Gasteiger partial charge < -0.3 is 5.11 Å². The highest BCUT2D eigenvalue weighted by Gasteiger charge is 2.14. The molecule has 0 amide bonds. The van der Waals surface area contributed by atoms with Crippen LogP contribution in [0.1, 0.15) is 21.6 Å². The van der Waals surface area contributed by atoms with Gasteiger partial charge in [-0.15, -0.1) is 0 Å². The lowest BCUT2D eigenvalue weighted by Crippen LogP contribution is -1.97. The highest BCUT2D eigenvalue weighted by Crippen LogP contribution is 2.27. The Bertz CT molecular complexity index is 516. The highest BCUT2D eigenvalue weighted by atomic mass is 32.1. The summed E-state index contributed by atoms with van der Waals surface area (Å²) < 4.78 is 4.88. The number of rotatable bonds is 1. The van der Waals surface area contributed by atoms with E-state index in [4.69, 9.17) is 5.11 Å². The molecule has 1 N–H and O–H groups in total. The number of carbonyl (C=O) groups is 1. The van der Waals surface area contributed by atoms with E-state index in [-0.39, 0.29) is 5.69 Å². The second kappa shape index (κ2) is 3.06. The topological polar surface area (TPSA) is 50.2 Å². The summed E-state index contributed by atoms with van der Waals surface area (Å²) in [5, 5.41) is 9.68. The van der Waals surface area contributed by atoms with Crippen LogP contribution in [0, 0.1) is 13.8 Å². The molecule has 1 heterocycles. The average molecular weight is 207 g/mol. The molecule has 0 unspecified atom stereocenters. The minimum absolute atomic E-state index is 0.169. The quantitative estimate of drug-likeness (QED) is 0.782. The number of aromatic nitrogens is 1. The van der Waals surface area contributed by atoms with Crippen molar-refractivity contribution in [2.75, 3.05) is 0 Å². The monoisotopic (exact) mass is 207 g/mol. The first kappa shape index (κ1) is 9.15. The molecule has 2 aromatic rings. The maximum Gasteiger partial charge on any atom is 0.356 e. The van der Waals surface area contributed by atoms with E-state index < -0.39 is 5.97 Å². The Morgan fingerprint density at radius 3 is 2.79 bits per heavy atom. The minimum atomic E-state index is -0.955. The van der Waals surface area contributed by atoms with Gasteiger partial charge in [-0.25, -0.2) is 4.79 Å². The Balaban J connectivity index is 2.85. The van der Waals surface area contributed by atoms with E-state index in [0.717, 1.165) is 21.2 Å². The molecule has 0 fully saturated rings. The van der Waals surface area contributed by atoms with Crippen LogP contribution in [0.2, 0.25) is 0 Å². The van der Waals surface area contributed by atoms with Crippen LogP contribution < -0.4 is 0 Å². The third kappa shape index (κ3) is 1.28. The van der Waals surface area contributed by atoms with Crippen LogP contribution in [0.3, 0.4) is 0 Å². The van der Waals surface area contributed by atoms with Crippen LogP contribution in [0.5, 0.6) is 0 Å². The first-order valence-corrected chi connectivity index (χ1v) is 4.97. The van der Waals surface area contributed by atoms with E-state index >= 15 is 0 Å². The van der Waals surface area contributed by atoms with Crippen molar-refractivity contribution in [3.63, 3.8) is 0 Å². The van der Waals surface area contributed by atoms with Gasteiger partial charge in [0.25, 0.3) is 0 Å². The third-order valence-corrected chi connectivity index (χ3v) is 2.91. The number of carboxylic acid groups (broad SMARTS) is 1. The molecule has 0 aliphatic rings. The Hall–Kier alpha value is -1.42. The largest absolute Gasteiger partial charge is 0.476 e. The molecule has 14 heavy (non-hydrogen) atoms. The van der Waals surface area contributed by atoms with Crippen molar-refractivity contribution in [3.05, 3.63) is 29.0 Å². The molecule has 0 radical (unpaired) electrons.